The van der Waals surface area contributed by atoms with Gasteiger partial charge in [0.15, 0.2) is 0 Å². The van der Waals surface area contributed by atoms with E-state index in [1.54, 1.807) is 4.90 Å². The van der Waals surface area contributed by atoms with E-state index in [9.17, 15) is 14.4 Å². The zero-order chi connectivity index (χ0) is 16.7. The molecule has 4 rings (SSSR count). The lowest BCUT2D eigenvalue weighted by atomic mass is 9.79. The first-order valence-electron chi connectivity index (χ1n) is 8.62. The minimum absolute atomic E-state index is 0.00562. The van der Waals surface area contributed by atoms with Crippen molar-refractivity contribution in [3.8, 4) is 0 Å². The topological polar surface area (TPSA) is 78.5 Å². The summed E-state index contributed by atoms with van der Waals surface area (Å²) in [5, 5.41) is 5.72. The Labute approximate surface area is 140 Å². The standard InChI is InChI=1S/C18H21N3O3/c22-16-11-1-2-12(16)10-13(9-11)17(23)20-14-3-5-15(6-4-14)21-8-7-19-18(21)24/h3-6,11-13H,1-2,7-10H2,(H,19,24)(H,20,23). The van der Waals surface area contributed by atoms with Crippen LogP contribution in [-0.4, -0.2) is 30.8 Å². The number of rotatable bonds is 3. The maximum atomic E-state index is 12.5. The maximum Gasteiger partial charge on any atom is 0.321 e. The average Bonchev–Trinajstić information content (AvgIpc) is 3.06. The monoisotopic (exact) mass is 327 g/mol. The summed E-state index contributed by atoms with van der Waals surface area (Å²) in [4.78, 5) is 37.8. The van der Waals surface area contributed by atoms with Crippen molar-refractivity contribution >= 4 is 29.1 Å². The van der Waals surface area contributed by atoms with Crippen molar-refractivity contribution in [2.75, 3.05) is 23.3 Å². The number of benzene rings is 1. The van der Waals surface area contributed by atoms with Crippen molar-refractivity contribution in [3.05, 3.63) is 24.3 Å². The summed E-state index contributed by atoms with van der Waals surface area (Å²) >= 11 is 0. The minimum Gasteiger partial charge on any atom is -0.336 e. The van der Waals surface area contributed by atoms with Gasteiger partial charge in [-0.2, -0.15) is 0 Å². The number of ketones is 1. The van der Waals surface area contributed by atoms with Gasteiger partial charge in [0.05, 0.1) is 0 Å². The van der Waals surface area contributed by atoms with Crippen LogP contribution in [0.4, 0.5) is 16.2 Å². The number of Topliss-reactive ketones (excluding diaryl/α,β-unsaturated/α-hetero) is 1. The van der Waals surface area contributed by atoms with Gasteiger partial charge in [0.2, 0.25) is 5.91 Å². The molecule has 126 valence electrons. The largest absolute Gasteiger partial charge is 0.336 e. The van der Waals surface area contributed by atoms with Crippen LogP contribution < -0.4 is 15.5 Å². The molecule has 6 heteroatoms. The van der Waals surface area contributed by atoms with Gasteiger partial charge in [-0.1, -0.05) is 0 Å². The highest BCUT2D eigenvalue weighted by atomic mass is 16.2. The second kappa shape index (κ2) is 5.92. The molecule has 24 heavy (non-hydrogen) atoms. The van der Waals surface area contributed by atoms with Gasteiger partial charge in [-0.05, 0) is 49.9 Å². The number of carbonyl (C=O) groups is 3. The van der Waals surface area contributed by atoms with Crippen molar-refractivity contribution < 1.29 is 14.4 Å². The van der Waals surface area contributed by atoms with Gasteiger partial charge in [0.1, 0.15) is 5.78 Å². The van der Waals surface area contributed by atoms with E-state index < -0.39 is 0 Å². The molecule has 1 saturated heterocycles. The van der Waals surface area contributed by atoms with Gasteiger partial charge >= 0.3 is 6.03 Å². The van der Waals surface area contributed by atoms with Gasteiger partial charge in [0.25, 0.3) is 0 Å². The van der Waals surface area contributed by atoms with E-state index in [4.69, 9.17) is 0 Å². The zero-order valence-electron chi connectivity index (χ0n) is 13.5. The molecule has 3 amide bonds. The number of hydrogen-bond donors (Lipinski definition) is 2. The molecule has 2 atom stereocenters. The molecule has 2 N–H and O–H groups in total. The molecule has 1 aliphatic heterocycles. The molecule has 0 aromatic heterocycles. The Kier molecular flexibility index (Phi) is 3.75. The highest BCUT2D eigenvalue weighted by Crippen LogP contribution is 2.42. The zero-order valence-corrected chi connectivity index (χ0v) is 13.5. The van der Waals surface area contributed by atoms with Gasteiger partial charge in [0, 0.05) is 42.2 Å². The molecule has 2 saturated carbocycles. The van der Waals surface area contributed by atoms with Crippen LogP contribution in [0.2, 0.25) is 0 Å². The first kappa shape index (κ1) is 15.2. The summed E-state index contributed by atoms with van der Waals surface area (Å²) in [6.07, 6.45) is 3.26. The van der Waals surface area contributed by atoms with Crippen molar-refractivity contribution in [1.29, 1.82) is 0 Å². The Morgan fingerprint density at radius 3 is 2.33 bits per heavy atom. The smallest absolute Gasteiger partial charge is 0.321 e. The highest BCUT2D eigenvalue weighted by Gasteiger charge is 2.43. The van der Waals surface area contributed by atoms with Gasteiger partial charge < -0.3 is 10.6 Å². The average molecular weight is 327 g/mol. The second-order valence-corrected chi connectivity index (χ2v) is 6.96. The molecule has 1 aromatic carbocycles. The first-order valence-corrected chi connectivity index (χ1v) is 8.62. The van der Waals surface area contributed by atoms with E-state index in [0.29, 0.717) is 31.7 Å². The molecule has 6 nitrogen and oxygen atoms in total. The molecule has 3 fully saturated rings. The van der Waals surface area contributed by atoms with Gasteiger partial charge in [-0.15, -0.1) is 0 Å². The molecule has 2 bridgehead atoms. The van der Waals surface area contributed by atoms with Crippen molar-refractivity contribution in [2.45, 2.75) is 25.7 Å². The lowest BCUT2D eigenvalue weighted by Gasteiger charge is -2.25. The Morgan fingerprint density at radius 1 is 1.08 bits per heavy atom. The van der Waals surface area contributed by atoms with Crippen LogP contribution in [0.3, 0.4) is 0 Å². The third-order valence-corrected chi connectivity index (χ3v) is 5.48. The van der Waals surface area contributed by atoms with Crippen LogP contribution in [0.1, 0.15) is 25.7 Å². The normalized spacial score (nSPS) is 28.8. The van der Waals surface area contributed by atoms with Crippen molar-refractivity contribution in [1.82, 2.24) is 5.32 Å². The molecule has 2 unspecified atom stereocenters. The molecule has 0 spiro atoms. The van der Waals surface area contributed by atoms with Crippen LogP contribution in [-0.2, 0) is 9.59 Å². The van der Waals surface area contributed by atoms with E-state index >= 15 is 0 Å². The Morgan fingerprint density at radius 2 is 1.75 bits per heavy atom. The number of nitrogens with one attached hydrogen (secondary N) is 2. The number of amides is 3. The minimum atomic E-state index is -0.0888. The quantitative estimate of drug-likeness (QED) is 0.893. The predicted molar refractivity (Wildman–Crippen MR) is 89.8 cm³/mol. The summed E-state index contributed by atoms with van der Waals surface area (Å²) in [7, 11) is 0. The third-order valence-electron chi connectivity index (χ3n) is 5.48. The first-order chi connectivity index (χ1) is 11.6. The van der Waals surface area contributed by atoms with Gasteiger partial charge in [-0.3, -0.25) is 14.5 Å². The predicted octanol–water partition coefficient (Wildman–Crippen LogP) is 2.16. The SMILES string of the molecule is O=C(Nc1ccc(N2CCNC2=O)cc1)C1CC2CCC(C1)C2=O. The summed E-state index contributed by atoms with van der Waals surface area (Å²) < 4.78 is 0. The molecule has 1 heterocycles. The van der Waals surface area contributed by atoms with Crippen molar-refractivity contribution in [3.63, 3.8) is 0 Å². The van der Waals surface area contributed by atoms with E-state index in [1.165, 1.54) is 0 Å². The lowest BCUT2D eigenvalue weighted by molar-refractivity contribution is -0.130. The van der Waals surface area contributed by atoms with Crippen LogP contribution in [0.25, 0.3) is 0 Å². The van der Waals surface area contributed by atoms with E-state index in [1.807, 2.05) is 24.3 Å². The number of carbonyl (C=O) groups excluding carboxylic acids is 3. The molecular weight excluding hydrogens is 306 g/mol. The number of urea groups is 1. The summed E-state index contributed by atoms with van der Waals surface area (Å²) in [6, 6.07) is 7.24. The fourth-order valence-corrected chi connectivity index (χ4v) is 4.17. The molecule has 1 aromatic rings. The van der Waals surface area contributed by atoms with Crippen LogP contribution in [0.15, 0.2) is 24.3 Å². The fourth-order valence-electron chi connectivity index (χ4n) is 4.17. The van der Waals surface area contributed by atoms with Gasteiger partial charge in [-0.25, -0.2) is 4.79 Å². The van der Waals surface area contributed by atoms with Crippen LogP contribution >= 0.6 is 0 Å². The number of anilines is 2. The Balaban J connectivity index is 1.39. The van der Waals surface area contributed by atoms with E-state index in [0.717, 1.165) is 24.2 Å². The van der Waals surface area contributed by atoms with E-state index in [-0.39, 0.29) is 29.7 Å². The molecular formula is C18H21N3O3. The molecule has 0 radical (unpaired) electrons. The molecule has 2 aliphatic carbocycles. The Bertz CT molecular complexity index is 669. The van der Waals surface area contributed by atoms with E-state index in [2.05, 4.69) is 10.6 Å². The van der Waals surface area contributed by atoms with Crippen LogP contribution in [0.5, 0.6) is 0 Å². The lowest BCUT2D eigenvalue weighted by Crippen LogP contribution is -2.33. The summed E-state index contributed by atoms with van der Waals surface area (Å²) in [6.45, 7) is 1.31. The fraction of sp³-hybridized carbons (Fsp3) is 0.500. The number of nitrogens with zero attached hydrogens (tertiary/aromatic N) is 1. The van der Waals surface area contributed by atoms with Crippen molar-refractivity contribution in [2.24, 2.45) is 17.8 Å². The number of fused-ring (bicyclic) bond motifs is 2. The number of hydrogen-bond acceptors (Lipinski definition) is 3. The molecule has 3 aliphatic rings. The highest BCUT2D eigenvalue weighted by molar-refractivity contribution is 5.96. The third kappa shape index (κ3) is 2.66. The summed E-state index contributed by atoms with van der Waals surface area (Å²) in [5.41, 5.74) is 1.55. The summed E-state index contributed by atoms with van der Waals surface area (Å²) in [5.74, 6) is 0.494. The maximum absolute atomic E-state index is 12.5. The van der Waals surface area contributed by atoms with Crippen LogP contribution in [0, 0.1) is 17.8 Å². The second-order valence-electron chi connectivity index (χ2n) is 6.96. The Hall–Kier alpha value is -2.37.